The van der Waals surface area contributed by atoms with Crippen LogP contribution in [0.3, 0.4) is 0 Å². The van der Waals surface area contributed by atoms with E-state index in [-0.39, 0.29) is 23.6 Å². The Balaban J connectivity index is 1.64. The summed E-state index contributed by atoms with van der Waals surface area (Å²) in [5.74, 6) is -0.418. The van der Waals surface area contributed by atoms with Crippen molar-refractivity contribution in [3.05, 3.63) is 51.7 Å². The van der Waals surface area contributed by atoms with Crippen LogP contribution >= 0.6 is 11.3 Å². The molecule has 9 heteroatoms. The Hall–Kier alpha value is -3.20. The van der Waals surface area contributed by atoms with Crippen molar-refractivity contribution in [1.82, 2.24) is 4.98 Å². The summed E-state index contributed by atoms with van der Waals surface area (Å²) in [6.45, 7) is 1.69. The first-order chi connectivity index (χ1) is 15.9. The van der Waals surface area contributed by atoms with Crippen LogP contribution in [0.4, 0.5) is 5.13 Å². The number of benzene rings is 1. The minimum Gasteiger partial charge on any atom is -0.497 e. The molecule has 3 heterocycles. The summed E-state index contributed by atoms with van der Waals surface area (Å²) in [7, 11) is 2.88. The Morgan fingerprint density at radius 2 is 1.88 bits per heavy atom. The Bertz CT molecular complexity index is 1170. The van der Waals surface area contributed by atoms with E-state index in [2.05, 4.69) is 4.98 Å². The Labute approximate surface area is 195 Å². The van der Waals surface area contributed by atoms with Crippen LogP contribution in [0, 0.1) is 12.8 Å². The molecule has 1 aromatic carbocycles. The maximum atomic E-state index is 13.7. The molecule has 1 aliphatic carbocycles. The maximum absolute atomic E-state index is 13.7. The first-order valence-electron chi connectivity index (χ1n) is 10.9. The van der Waals surface area contributed by atoms with E-state index in [0.717, 1.165) is 42.6 Å². The van der Waals surface area contributed by atoms with Gasteiger partial charge in [0, 0.05) is 0 Å². The summed E-state index contributed by atoms with van der Waals surface area (Å²) < 4.78 is 16.3. The van der Waals surface area contributed by atoms with E-state index in [1.54, 1.807) is 26.2 Å². The number of aromatic nitrogens is 1. The zero-order valence-corrected chi connectivity index (χ0v) is 19.4. The molecule has 8 nitrogen and oxygen atoms in total. The van der Waals surface area contributed by atoms with E-state index < -0.39 is 17.9 Å². The smallest absolute Gasteiger partial charge is 0.350 e. The Morgan fingerprint density at radius 1 is 1.15 bits per heavy atom. The average Bonchev–Trinajstić information content (AvgIpc) is 3.36. The van der Waals surface area contributed by atoms with Crippen LogP contribution in [-0.4, -0.2) is 43.0 Å². The van der Waals surface area contributed by atoms with Crippen LogP contribution in [0.1, 0.15) is 52.7 Å². The number of rotatable bonds is 4. The highest BCUT2D eigenvalue weighted by atomic mass is 32.1. The summed E-state index contributed by atoms with van der Waals surface area (Å²) in [5.41, 5.74) is 1.59. The van der Waals surface area contributed by atoms with Crippen LogP contribution in [0.15, 0.2) is 35.6 Å². The molecule has 0 N–H and O–H groups in total. The summed E-state index contributed by atoms with van der Waals surface area (Å²) in [4.78, 5) is 45.8. The van der Waals surface area contributed by atoms with Crippen LogP contribution < -0.4 is 9.64 Å². The quantitative estimate of drug-likeness (QED) is 0.631. The number of carbonyl (C=O) groups excluding carboxylic acids is 3. The van der Waals surface area contributed by atoms with Crippen molar-refractivity contribution in [2.75, 3.05) is 19.1 Å². The zero-order valence-electron chi connectivity index (χ0n) is 18.6. The fraction of sp³-hybridized carbons (Fsp3) is 0.417. The predicted octanol–water partition coefficient (Wildman–Crippen LogP) is 3.75. The van der Waals surface area contributed by atoms with Gasteiger partial charge >= 0.3 is 5.97 Å². The molecule has 3 aliphatic rings. The first kappa shape index (κ1) is 21.6. The summed E-state index contributed by atoms with van der Waals surface area (Å²) in [5, 5.41) is 0.326. The molecule has 2 aliphatic heterocycles. The number of ketones is 1. The SMILES string of the molecule is COC(=O)c1sc(N2C(=O)C3=C(C(=O)C4CCCCC4O3)C2c2ccc(OC)cc2)nc1C. The molecule has 33 heavy (non-hydrogen) atoms. The third-order valence-electron chi connectivity index (χ3n) is 6.56. The minimum atomic E-state index is -0.690. The van der Waals surface area contributed by atoms with Gasteiger partial charge in [-0.2, -0.15) is 0 Å². The van der Waals surface area contributed by atoms with Crippen molar-refractivity contribution in [3.8, 4) is 5.75 Å². The molecule has 0 radical (unpaired) electrons. The standard InChI is InChI=1S/C24H24N2O6S/c1-12-21(23(29)31-3)33-24(25-12)26-18(13-8-10-14(30-2)11-9-13)17-19(27)15-6-4-5-7-16(15)32-20(17)22(26)28/h8-11,15-16,18H,4-7H2,1-3H3. The van der Waals surface area contributed by atoms with Gasteiger partial charge < -0.3 is 14.2 Å². The highest BCUT2D eigenvalue weighted by molar-refractivity contribution is 7.17. The number of methoxy groups -OCH3 is 2. The van der Waals surface area contributed by atoms with Gasteiger partial charge in [0.15, 0.2) is 16.7 Å². The molecule has 5 rings (SSSR count). The maximum Gasteiger partial charge on any atom is 0.350 e. The molecule has 1 aromatic heterocycles. The predicted molar refractivity (Wildman–Crippen MR) is 120 cm³/mol. The Kier molecular flexibility index (Phi) is 5.44. The highest BCUT2D eigenvalue weighted by Crippen LogP contribution is 2.49. The number of ether oxygens (including phenoxy) is 3. The number of carbonyl (C=O) groups is 3. The summed E-state index contributed by atoms with van der Waals surface area (Å²) >= 11 is 1.07. The second-order valence-corrected chi connectivity index (χ2v) is 9.39. The van der Waals surface area contributed by atoms with Crippen molar-refractivity contribution in [2.45, 2.75) is 44.8 Å². The van der Waals surface area contributed by atoms with Gasteiger partial charge in [0.1, 0.15) is 16.7 Å². The number of aryl methyl sites for hydroxylation is 1. The van der Waals surface area contributed by atoms with E-state index in [1.807, 2.05) is 12.1 Å². The normalized spacial score (nSPS) is 24.3. The van der Waals surface area contributed by atoms with Gasteiger partial charge in [-0.05, 0) is 43.9 Å². The molecule has 2 aromatic rings. The number of esters is 1. The van der Waals surface area contributed by atoms with Gasteiger partial charge in [-0.25, -0.2) is 9.78 Å². The van der Waals surface area contributed by atoms with Gasteiger partial charge in [-0.1, -0.05) is 29.9 Å². The number of thiazole rings is 1. The van der Waals surface area contributed by atoms with Gasteiger partial charge in [0.25, 0.3) is 5.91 Å². The lowest BCUT2D eigenvalue weighted by Crippen LogP contribution is -2.39. The first-order valence-corrected chi connectivity index (χ1v) is 11.7. The third kappa shape index (κ3) is 3.42. The Morgan fingerprint density at radius 3 is 2.58 bits per heavy atom. The number of fused-ring (bicyclic) bond motifs is 1. The topological polar surface area (TPSA) is 95.0 Å². The molecule has 3 unspecified atom stereocenters. The molecule has 0 spiro atoms. The number of hydrogen-bond acceptors (Lipinski definition) is 8. The molecular formula is C24H24N2O6S. The van der Waals surface area contributed by atoms with Crippen LogP contribution in [0.2, 0.25) is 0 Å². The van der Waals surface area contributed by atoms with Crippen molar-refractivity contribution in [1.29, 1.82) is 0 Å². The number of nitrogens with zero attached hydrogens (tertiary/aromatic N) is 2. The lowest BCUT2D eigenvalue weighted by Gasteiger charge is -2.35. The number of anilines is 1. The van der Waals surface area contributed by atoms with Crippen LogP contribution in [0.5, 0.6) is 5.75 Å². The van der Waals surface area contributed by atoms with Crippen LogP contribution in [0.25, 0.3) is 0 Å². The van der Waals surface area contributed by atoms with Crippen LogP contribution in [-0.2, 0) is 19.1 Å². The highest BCUT2D eigenvalue weighted by Gasteiger charge is 2.53. The molecule has 0 saturated heterocycles. The lowest BCUT2D eigenvalue weighted by atomic mass is 9.77. The summed E-state index contributed by atoms with van der Waals surface area (Å²) in [6.07, 6.45) is 3.20. The van der Waals surface area contributed by atoms with Crippen molar-refractivity contribution in [2.24, 2.45) is 5.92 Å². The van der Waals surface area contributed by atoms with Crippen molar-refractivity contribution < 1.29 is 28.6 Å². The molecule has 1 saturated carbocycles. The number of amides is 1. The van der Waals surface area contributed by atoms with Gasteiger partial charge in [0.05, 0.1) is 37.4 Å². The van der Waals surface area contributed by atoms with Gasteiger partial charge in [-0.15, -0.1) is 0 Å². The average molecular weight is 469 g/mol. The molecular weight excluding hydrogens is 444 g/mol. The van der Waals surface area contributed by atoms with Gasteiger partial charge in [0.2, 0.25) is 0 Å². The molecule has 1 amide bonds. The van der Waals surface area contributed by atoms with E-state index in [9.17, 15) is 14.4 Å². The second kappa shape index (κ2) is 8.30. The molecule has 1 fully saturated rings. The summed E-state index contributed by atoms with van der Waals surface area (Å²) in [6, 6.07) is 6.57. The zero-order chi connectivity index (χ0) is 23.3. The second-order valence-electron chi connectivity index (χ2n) is 8.41. The fourth-order valence-corrected chi connectivity index (χ4v) is 5.92. The van der Waals surface area contributed by atoms with E-state index in [0.29, 0.717) is 27.0 Å². The van der Waals surface area contributed by atoms with E-state index in [1.165, 1.54) is 12.0 Å². The van der Waals surface area contributed by atoms with Crippen molar-refractivity contribution >= 4 is 34.1 Å². The molecule has 3 atom stereocenters. The fourth-order valence-electron chi connectivity index (χ4n) is 4.91. The van der Waals surface area contributed by atoms with Crippen molar-refractivity contribution in [3.63, 3.8) is 0 Å². The van der Waals surface area contributed by atoms with E-state index >= 15 is 0 Å². The van der Waals surface area contributed by atoms with E-state index in [4.69, 9.17) is 14.2 Å². The lowest BCUT2D eigenvalue weighted by molar-refractivity contribution is -0.131. The molecule has 172 valence electrons. The number of Topliss-reactive ketones (excluding diaryl/α,β-unsaturated/α-hetero) is 1. The largest absolute Gasteiger partial charge is 0.497 e. The number of hydrogen-bond donors (Lipinski definition) is 0. The van der Waals surface area contributed by atoms with Gasteiger partial charge in [-0.3, -0.25) is 14.5 Å². The molecule has 0 bridgehead atoms. The third-order valence-corrected chi connectivity index (χ3v) is 7.69. The minimum absolute atomic E-state index is 0.0286. The monoisotopic (exact) mass is 468 g/mol.